The van der Waals surface area contributed by atoms with Gasteiger partial charge >= 0.3 is 31.3 Å². The normalized spacial score (nSPS) is 13.8. The van der Waals surface area contributed by atoms with Crippen molar-refractivity contribution in [2.24, 2.45) is 0 Å². The van der Waals surface area contributed by atoms with Crippen LogP contribution < -0.4 is 0 Å². The summed E-state index contributed by atoms with van der Waals surface area (Å²) in [6, 6.07) is 0. The number of hydrogen-bond donors (Lipinski definition) is 2. The summed E-state index contributed by atoms with van der Waals surface area (Å²) in [6.45, 7) is 0. The zero-order chi connectivity index (χ0) is 15.4. The first kappa shape index (κ1) is 20.4. The quantitative estimate of drug-likeness (QED) is 0.333. The predicted octanol–water partition coefficient (Wildman–Crippen LogP) is 1.39. The lowest BCUT2D eigenvalue weighted by atomic mass is 11.6. The third-order valence-electron chi connectivity index (χ3n) is 0.763. The zero-order valence-corrected chi connectivity index (χ0v) is 10.9. The van der Waals surface area contributed by atoms with Crippen molar-refractivity contribution < 1.29 is 50.4 Å². The molecule has 0 saturated heterocycles. The van der Waals surface area contributed by atoms with E-state index in [4.69, 9.17) is 0 Å². The maximum atomic E-state index is 11.1. The number of hydrogen-bond acceptors (Lipinski definition) is 8. The molecule has 0 heterocycles. The summed E-state index contributed by atoms with van der Waals surface area (Å²) in [5.41, 5.74) is -10.8. The van der Waals surface area contributed by atoms with Crippen molar-refractivity contribution in [1.82, 2.24) is 0 Å². The van der Waals surface area contributed by atoms with Gasteiger partial charge in [-0.25, -0.2) is 0 Å². The Hall–Kier alpha value is 0.1000. The van der Waals surface area contributed by atoms with E-state index in [1.54, 1.807) is 0 Å². The van der Waals surface area contributed by atoms with Crippen LogP contribution in [0.4, 0.5) is 26.3 Å². The Morgan fingerprint density at radius 1 is 0.667 bits per heavy atom. The van der Waals surface area contributed by atoms with Gasteiger partial charge in [-0.3, -0.25) is 0 Å². The van der Waals surface area contributed by atoms with E-state index >= 15 is 0 Å². The Balaban J connectivity index is 0. The molecule has 16 heteroatoms. The molecule has 0 atom stereocenters. The van der Waals surface area contributed by atoms with E-state index in [0.29, 0.717) is 0 Å². The highest BCUT2D eigenvalue weighted by Crippen LogP contribution is 2.25. The Morgan fingerprint density at radius 2 is 0.833 bits per heavy atom. The molecule has 0 spiro atoms. The molecular formula is C2H2F6O6S4. The van der Waals surface area contributed by atoms with E-state index < -0.39 is 31.3 Å². The van der Waals surface area contributed by atoms with Gasteiger partial charge in [-0.1, -0.05) is 0 Å². The fourth-order valence-electron chi connectivity index (χ4n) is 0.0845. The first-order valence-electron chi connectivity index (χ1n) is 2.91. The van der Waals surface area contributed by atoms with Crippen molar-refractivity contribution in [1.29, 1.82) is 0 Å². The first-order chi connectivity index (χ1) is 7.62. The summed E-state index contributed by atoms with van der Waals surface area (Å²) in [5, 5.41) is 0. The van der Waals surface area contributed by atoms with Crippen LogP contribution in [0.25, 0.3) is 0 Å². The van der Waals surface area contributed by atoms with Gasteiger partial charge < -0.3 is 0 Å². The van der Waals surface area contributed by atoms with E-state index in [9.17, 15) is 43.2 Å². The van der Waals surface area contributed by atoms with E-state index in [0.717, 1.165) is 0 Å². The van der Waals surface area contributed by atoms with E-state index in [-0.39, 0.29) is 0 Å². The van der Waals surface area contributed by atoms with Crippen LogP contribution in [-0.4, -0.2) is 27.9 Å². The van der Waals surface area contributed by atoms with Crippen molar-refractivity contribution in [3.8, 4) is 0 Å². The molecule has 0 unspecified atom stereocenters. The minimum absolute atomic E-state index is 2.49. The molecule has 0 bridgehead atoms. The molecule has 0 amide bonds. The highest BCUT2D eigenvalue weighted by molar-refractivity contribution is 7.96. The van der Waals surface area contributed by atoms with Crippen molar-refractivity contribution in [2.45, 2.75) is 11.0 Å². The Morgan fingerprint density at radius 3 is 0.833 bits per heavy atom. The zero-order valence-electron chi connectivity index (χ0n) is 7.43. The molecule has 0 aliphatic heterocycles. The second-order valence-electron chi connectivity index (χ2n) is 1.95. The molecule has 18 heavy (non-hydrogen) atoms. The van der Waals surface area contributed by atoms with Crippen molar-refractivity contribution in [3.05, 3.63) is 0 Å². The van der Waals surface area contributed by atoms with Crippen LogP contribution in [0.1, 0.15) is 0 Å². The molecule has 0 rings (SSSR count). The van der Waals surface area contributed by atoms with Crippen LogP contribution >= 0.6 is 25.8 Å². The molecule has 0 fully saturated rings. The van der Waals surface area contributed by atoms with Gasteiger partial charge in [-0.2, -0.15) is 50.4 Å². The van der Waals surface area contributed by atoms with Crippen LogP contribution in [0.15, 0.2) is 0 Å². The van der Waals surface area contributed by atoms with Crippen LogP contribution in [-0.2, 0) is 27.5 Å². The van der Waals surface area contributed by atoms with Gasteiger partial charge in [0.05, 0.1) is 0 Å². The Bertz CT molecular complexity index is 399. The van der Waals surface area contributed by atoms with E-state index in [1.807, 2.05) is 0 Å². The Labute approximate surface area is 108 Å². The summed E-state index contributed by atoms with van der Waals surface area (Å²) in [7, 11) is -10.9. The molecule has 0 saturated carbocycles. The van der Waals surface area contributed by atoms with E-state index in [2.05, 4.69) is 33.1 Å². The lowest BCUT2D eigenvalue weighted by Gasteiger charge is -2.01. The van der Waals surface area contributed by atoms with E-state index in [1.165, 1.54) is 0 Å². The minimum atomic E-state index is -5.47. The summed E-state index contributed by atoms with van der Waals surface area (Å²) in [5.74, 6) is 0. The van der Waals surface area contributed by atoms with Gasteiger partial charge in [0.1, 0.15) is 0 Å². The van der Waals surface area contributed by atoms with Gasteiger partial charge in [0.25, 0.3) is 0 Å². The molecule has 0 aromatic rings. The highest BCUT2D eigenvalue weighted by Gasteiger charge is 2.47. The molecule has 0 aliphatic carbocycles. The van der Waals surface area contributed by atoms with Gasteiger partial charge in [0.15, 0.2) is 0 Å². The summed E-state index contributed by atoms with van der Waals surface area (Å²) in [4.78, 5) is 0. The minimum Gasteiger partial charge on any atom is -0.194 e. The van der Waals surface area contributed by atoms with Gasteiger partial charge in [-0.15, -0.1) is 0 Å². The van der Waals surface area contributed by atoms with Crippen molar-refractivity contribution in [3.63, 3.8) is 0 Å². The molecule has 0 aromatic heterocycles. The summed E-state index contributed by atoms with van der Waals surface area (Å²) >= 11 is 4.97. The molecule has 0 aliphatic rings. The summed E-state index contributed by atoms with van der Waals surface area (Å²) < 4.78 is 111. The molecule has 6 nitrogen and oxygen atoms in total. The maximum Gasteiger partial charge on any atom is 0.524 e. The van der Waals surface area contributed by atoms with Gasteiger partial charge in [0, 0.05) is 0 Å². The largest absolute Gasteiger partial charge is 0.524 e. The Kier molecular flexibility index (Phi) is 7.38. The number of thiol groups is 2. The van der Waals surface area contributed by atoms with Crippen LogP contribution in [0.3, 0.4) is 0 Å². The molecule has 0 N–H and O–H groups in total. The fourth-order valence-corrected chi connectivity index (χ4v) is 0.761. The topological polar surface area (TPSA) is 86.7 Å². The maximum absolute atomic E-state index is 11.1. The second-order valence-corrected chi connectivity index (χ2v) is 5.88. The first-order valence-corrected chi connectivity index (χ1v) is 6.45. The average Bonchev–Trinajstić information content (AvgIpc) is 2.15. The second kappa shape index (κ2) is 6.51. The smallest absolute Gasteiger partial charge is 0.194 e. The third-order valence-corrected chi connectivity index (χ3v) is 3.47. The highest BCUT2D eigenvalue weighted by atomic mass is 32.3. The average molecular weight is 364 g/mol. The molecular weight excluding hydrogens is 362 g/mol. The lowest BCUT2D eigenvalue weighted by Crippen LogP contribution is -2.22. The number of rotatable bonds is 2. The standard InChI is InChI=1S/2CHF3O3S2/c2*2-1(3,4)9(5,6)7-8/h2*8H. The van der Waals surface area contributed by atoms with Crippen molar-refractivity contribution >= 4 is 46.1 Å². The SMILES string of the molecule is O=S(=O)(OS)C(F)(F)F.O=S(=O)(OS)C(F)(F)F. The van der Waals surface area contributed by atoms with Crippen LogP contribution in [0, 0.1) is 0 Å². The fraction of sp³-hybridized carbons (Fsp3) is 1.00. The molecule has 0 aromatic carbocycles. The van der Waals surface area contributed by atoms with Crippen LogP contribution in [0.2, 0.25) is 0 Å². The van der Waals surface area contributed by atoms with Gasteiger partial charge in [0.2, 0.25) is 0 Å². The van der Waals surface area contributed by atoms with Crippen LogP contribution in [0.5, 0.6) is 0 Å². The molecule has 112 valence electrons. The molecule has 0 radical (unpaired) electrons. The summed E-state index contributed by atoms with van der Waals surface area (Å²) in [6.07, 6.45) is 0. The van der Waals surface area contributed by atoms with Crippen molar-refractivity contribution in [2.75, 3.05) is 0 Å². The number of halogens is 6. The monoisotopic (exact) mass is 364 g/mol. The third kappa shape index (κ3) is 6.32. The van der Waals surface area contributed by atoms with Gasteiger partial charge in [-0.05, 0) is 25.8 Å². The predicted molar refractivity (Wildman–Crippen MR) is 50.1 cm³/mol. The lowest BCUT2D eigenvalue weighted by molar-refractivity contribution is -0.0498. The number of alkyl halides is 6.